The van der Waals surface area contributed by atoms with Crippen LogP contribution in [0.1, 0.15) is 64.0 Å². The molecule has 3 N–H and O–H groups in total. The minimum atomic E-state index is -3.64. The summed E-state index contributed by atoms with van der Waals surface area (Å²) in [5, 5.41) is 20.6. The molecule has 0 aliphatic heterocycles. The van der Waals surface area contributed by atoms with Gasteiger partial charge in [0.1, 0.15) is 11.6 Å². The fourth-order valence-corrected chi connectivity index (χ4v) is 5.85. The van der Waals surface area contributed by atoms with Gasteiger partial charge in [0.2, 0.25) is 15.9 Å². The summed E-state index contributed by atoms with van der Waals surface area (Å²) in [7, 11) is -3.64. The number of hydrogen-bond acceptors (Lipinski definition) is 7. The molecule has 0 saturated heterocycles. The number of nitrogens with one attached hydrogen (secondary N) is 2. The van der Waals surface area contributed by atoms with Crippen LogP contribution in [0.5, 0.6) is 0 Å². The third-order valence-electron chi connectivity index (χ3n) is 5.99. The highest BCUT2D eigenvalue weighted by molar-refractivity contribution is 7.89. The van der Waals surface area contributed by atoms with E-state index in [0.717, 1.165) is 30.3 Å². The van der Waals surface area contributed by atoms with Crippen LogP contribution in [0.4, 0.5) is 8.78 Å². The quantitative estimate of drug-likeness (QED) is 0.251. The van der Waals surface area contributed by atoms with Crippen LogP contribution in [0.15, 0.2) is 28.8 Å². The maximum absolute atomic E-state index is 13.8. The number of hydrogen-bond donors (Lipinski definition) is 3. The molecule has 9 nitrogen and oxygen atoms in total. The van der Waals surface area contributed by atoms with Gasteiger partial charge in [-0.05, 0) is 49.3 Å². The van der Waals surface area contributed by atoms with E-state index in [1.54, 1.807) is 0 Å². The zero-order chi connectivity index (χ0) is 29.0. The Hall–Kier alpha value is -2.41. The number of rotatable bonds is 18. The van der Waals surface area contributed by atoms with E-state index in [4.69, 9.17) is 4.52 Å². The van der Waals surface area contributed by atoms with Gasteiger partial charge in [-0.2, -0.15) is 0 Å². The van der Waals surface area contributed by atoms with Crippen LogP contribution in [-0.4, -0.2) is 66.4 Å². The van der Waals surface area contributed by atoms with E-state index in [0.29, 0.717) is 37.6 Å². The van der Waals surface area contributed by atoms with Gasteiger partial charge >= 0.3 is 0 Å². The fourth-order valence-electron chi connectivity index (χ4n) is 4.22. The van der Waals surface area contributed by atoms with Crippen LogP contribution in [0.25, 0.3) is 0 Å². The summed E-state index contributed by atoms with van der Waals surface area (Å²) in [6.07, 6.45) is 0.570. The SMILES string of the molecule is CCCN(CCC)S(=O)(=O)CCC(=O)N[C@@H](Cc1cc(F)cc(F)c1)[C@H](O)CNCc1cc(CC(C)C)no1. The number of aliphatic hydroxyl groups is 1. The van der Waals surface area contributed by atoms with Gasteiger partial charge in [0.05, 0.1) is 30.1 Å². The lowest BCUT2D eigenvalue weighted by molar-refractivity contribution is -0.122. The first kappa shape index (κ1) is 32.8. The molecule has 0 unspecified atom stereocenters. The summed E-state index contributed by atoms with van der Waals surface area (Å²) in [4.78, 5) is 12.8. The van der Waals surface area contributed by atoms with Crippen molar-refractivity contribution in [1.82, 2.24) is 20.1 Å². The number of carbonyl (C=O) groups is 1. The average Bonchev–Trinajstić information content (AvgIpc) is 3.28. The minimum absolute atomic E-state index is 0.0298. The molecule has 1 aromatic heterocycles. The van der Waals surface area contributed by atoms with Crippen LogP contribution in [0.3, 0.4) is 0 Å². The summed E-state index contributed by atoms with van der Waals surface area (Å²) in [5.74, 6) is -1.50. The van der Waals surface area contributed by atoms with Gasteiger partial charge in [-0.15, -0.1) is 0 Å². The van der Waals surface area contributed by atoms with Crippen molar-refractivity contribution < 1.29 is 31.6 Å². The highest BCUT2D eigenvalue weighted by Gasteiger charge is 2.25. The van der Waals surface area contributed by atoms with Gasteiger partial charge < -0.3 is 20.3 Å². The van der Waals surface area contributed by atoms with Crippen LogP contribution < -0.4 is 10.6 Å². The fraction of sp³-hybridized carbons (Fsp3) is 0.630. The van der Waals surface area contributed by atoms with E-state index < -0.39 is 39.7 Å². The molecular weight excluding hydrogens is 530 g/mol. The first-order valence-corrected chi connectivity index (χ1v) is 15.1. The third kappa shape index (κ3) is 11.7. The Morgan fingerprint density at radius 1 is 1.08 bits per heavy atom. The minimum Gasteiger partial charge on any atom is -0.390 e. The first-order valence-electron chi connectivity index (χ1n) is 13.5. The Labute approximate surface area is 230 Å². The third-order valence-corrected chi connectivity index (χ3v) is 7.87. The standard InChI is InChI=1S/C27H42F2N4O5S/c1-5-8-33(9-6-2)39(36,37)10-7-27(35)31-25(14-20-12-21(28)15-22(29)13-20)26(34)18-30-17-24-16-23(32-38-24)11-19(3)4/h12-13,15-16,19,25-26,30,34H,5-11,14,17-18H2,1-4H3,(H,31,35)/t25-,26+/m0/s1. The number of halogens is 2. The van der Waals surface area contributed by atoms with Crippen LogP contribution in [-0.2, 0) is 34.2 Å². The van der Waals surface area contributed by atoms with Crippen LogP contribution >= 0.6 is 0 Å². The molecule has 12 heteroatoms. The lowest BCUT2D eigenvalue weighted by atomic mass is 10.0. The Bertz CT molecular complexity index is 1120. The average molecular weight is 573 g/mol. The zero-order valence-corrected chi connectivity index (χ0v) is 24.1. The van der Waals surface area contributed by atoms with Gasteiger partial charge in [-0.25, -0.2) is 21.5 Å². The number of sulfonamides is 1. The van der Waals surface area contributed by atoms with Crippen molar-refractivity contribution >= 4 is 15.9 Å². The summed E-state index contributed by atoms with van der Waals surface area (Å²) >= 11 is 0. The van der Waals surface area contributed by atoms with E-state index >= 15 is 0 Å². The number of carbonyl (C=O) groups excluding carboxylic acids is 1. The van der Waals surface area contributed by atoms with Crippen molar-refractivity contribution in [1.29, 1.82) is 0 Å². The highest BCUT2D eigenvalue weighted by Crippen LogP contribution is 2.13. The van der Waals surface area contributed by atoms with Crippen molar-refractivity contribution in [3.63, 3.8) is 0 Å². The van der Waals surface area contributed by atoms with Crippen molar-refractivity contribution in [3.8, 4) is 0 Å². The number of aromatic nitrogens is 1. The molecule has 0 fully saturated rings. The molecule has 0 radical (unpaired) electrons. The van der Waals surface area contributed by atoms with E-state index in [1.807, 2.05) is 19.9 Å². The molecule has 0 spiro atoms. The molecule has 2 rings (SSSR count). The number of benzene rings is 1. The summed E-state index contributed by atoms with van der Waals surface area (Å²) < 4.78 is 59.7. The summed E-state index contributed by atoms with van der Waals surface area (Å²) in [6.45, 7) is 8.97. The van der Waals surface area contributed by atoms with E-state index in [1.165, 1.54) is 4.31 Å². The van der Waals surface area contributed by atoms with Gasteiger partial charge in [-0.1, -0.05) is 32.9 Å². The van der Waals surface area contributed by atoms with Crippen molar-refractivity contribution in [2.45, 2.75) is 78.5 Å². The van der Waals surface area contributed by atoms with Gasteiger partial charge in [-0.3, -0.25) is 4.79 Å². The molecule has 0 bridgehead atoms. The molecule has 0 aliphatic carbocycles. The maximum Gasteiger partial charge on any atom is 0.221 e. The zero-order valence-electron chi connectivity index (χ0n) is 23.3. The van der Waals surface area contributed by atoms with E-state index in [9.17, 15) is 27.1 Å². The highest BCUT2D eigenvalue weighted by atomic mass is 32.2. The van der Waals surface area contributed by atoms with Crippen molar-refractivity contribution in [2.75, 3.05) is 25.4 Å². The summed E-state index contributed by atoms with van der Waals surface area (Å²) in [6, 6.07) is 3.90. The Balaban J connectivity index is 2.04. The Morgan fingerprint density at radius 2 is 1.72 bits per heavy atom. The predicted octanol–water partition coefficient (Wildman–Crippen LogP) is 3.17. The molecular formula is C27H42F2N4O5S. The number of nitrogens with zero attached hydrogens (tertiary/aromatic N) is 2. The second-order valence-electron chi connectivity index (χ2n) is 10.2. The smallest absolute Gasteiger partial charge is 0.221 e. The largest absolute Gasteiger partial charge is 0.390 e. The van der Waals surface area contributed by atoms with Gasteiger partial charge in [0, 0.05) is 38.2 Å². The maximum atomic E-state index is 13.8. The normalized spacial score (nSPS) is 13.7. The molecule has 0 saturated carbocycles. The lowest BCUT2D eigenvalue weighted by Gasteiger charge is -2.25. The molecule has 1 aromatic carbocycles. The van der Waals surface area contributed by atoms with E-state index in [-0.39, 0.29) is 37.2 Å². The second-order valence-corrected chi connectivity index (χ2v) is 12.3. The first-order chi connectivity index (χ1) is 18.4. The van der Waals surface area contributed by atoms with Crippen molar-refractivity contribution in [3.05, 3.63) is 52.9 Å². The monoisotopic (exact) mass is 572 g/mol. The second kappa shape index (κ2) is 16.0. The van der Waals surface area contributed by atoms with Gasteiger partial charge in [0.15, 0.2) is 5.76 Å². The molecule has 2 atom stereocenters. The predicted molar refractivity (Wildman–Crippen MR) is 145 cm³/mol. The Kier molecular flexibility index (Phi) is 13.5. The van der Waals surface area contributed by atoms with Crippen molar-refractivity contribution in [2.24, 2.45) is 5.92 Å². The van der Waals surface area contributed by atoms with Crippen LogP contribution in [0, 0.1) is 17.6 Å². The lowest BCUT2D eigenvalue weighted by Crippen LogP contribution is -2.49. The number of aliphatic hydroxyl groups excluding tert-OH is 1. The molecule has 0 aliphatic rings. The molecule has 1 heterocycles. The van der Waals surface area contributed by atoms with E-state index in [2.05, 4.69) is 29.6 Å². The molecule has 1 amide bonds. The topological polar surface area (TPSA) is 125 Å². The molecule has 220 valence electrons. The molecule has 2 aromatic rings. The number of amides is 1. The molecule has 39 heavy (non-hydrogen) atoms. The summed E-state index contributed by atoms with van der Waals surface area (Å²) in [5.41, 5.74) is 1.07. The van der Waals surface area contributed by atoms with Gasteiger partial charge in [0.25, 0.3) is 0 Å². The Morgan fingerprint density at radius 3 is 2.31 bits per heavy atom. The van der Waals surface area contributed by atoms with Crippen LogP contribution in [0.2, 0.25) is 0 Å².